The second kappa shape index (κ2) is 7.89. The van der Waals surface area contributed by atoms with Gasteiger partial charge in [0.15, 0.2) is 0 Å². The number of hydrogen-bond acceptors (Lipinski definition) is 8. The van der Waals surface area contributed by atoms with Gasteiger partial charge in [0, 0.05) is 22.8 Å². The number of benzene rings is 1. The lowest BCUT2D eigenvalue weighted by Gasteiger charge is -2.49. The van der Waals surface area contributed by atoms with E-state index in [0.29, 0.717) is 18.5 Å². The summed E-state index contributed by atoms with van der Waals surface area (Å²) in [6, 6.07) is 5.38. The van der Waals surface area contributed by atoms with Gasteiger partial charge in [0.1, 0.15) is 0 Å². The summed E-state index contributed by atoms with van der Waals surface area (Å²) in [6.07, 6.45) is 1.20. The molecule has 0 aliphatic carbocycles. The fourth-order valence-electron chi connectivity index (χ4n) is 3.86. The molecule has 30 heavy (non-hydrogen) atoms. The quantitative estimate of drug-likeness (QED) is 0.579. The maximum Gasteiger partial charge on any atom is 0.294 e. The average Bonchev–Trinajstić information content (AvgIpc) is 2.58. The van der Waals surface area contributed by atoms with Gasteiger partial charge in [-0.1, -0.05) is 0 Å². The van der Waals surface area contributed by atoms with Gasteiger partial charge in [-0.25, -0.2) is 0 Å². The van der Waals surface area contributed by atoms with E-state index in [-0.39, 0.29) is 28.1 Å². The summed E-state index contributed by atoms with van der Waals surface area (Å²) in [5.41, 5.74) is -0.601. The van der Waals surface area contributed by atoms with Crippen molar-refractivity contribution in [3.05, 3.63) is 29.5 Å². The van der Waals surface area contributed by atoms with Gasteiger partial charge in [0.2, 0.25) is 17.2 Å². The molecule has 12 heteroatoms. The van der Waals surface area contributed by atoms with Gasteiger partial charge in [-0.15, -0.1) is 10.3 Å². The van der Waals surface area contributed by atoms with Crippen LogP contribution in [0.5, 0.6) is 0 Å². The molecule has 0 saturated carbocycles. The summed E-state index contributed by atoms with van der Waals surface area (Å²) in [7, 11) is -4.27. The van der Waals surface area contributed by atoms with Gasteiger partial charge >= 0.3 is 0 Å². The Hall–Kier alpha value is -2.05. The molecule has 163 valence electrons. The van der Waals surface area contributed by atoms with E-state index in [9.17, 15) is 13.6 Å². The van der Waals surface area contributed by atoms with E-state index in [1.54, 1.807) is 0 Å². The Morgan fingerprint density at radius 2 is 1.57 bits per heavy atom. The smallest absolute Gasteiger partial charge is 0.294 e. The van der Waals surface area contributed by atoms with Crippen molar-refractivity contribution in [3.8, 4) is 0 Å². The summed E-state index contributed by atoms with van der Waals surface area (Å²) >= 11 is 6.04. The van der Waals surface area contributed by atoms with E-state index >= 15 is 0 Å². The SMILES string of the molecule is CC1(C)CC(Nc2nc(Cl)nc(Nc3ccc(S(=O)(=O)O)cc3)n2)CC(C)(C)N1[O]. The monoisotopic (exact) mass is 455 g/mol. The van der Waals surface area contributed by atoms with Gasteiger partial charge in [-0.3, -0.25) is 4.55 Å². The van der Waals surface area contributed by atoms with Crippen LogP contribution in [0.15, 0.2) is 29.2 Å². The molecule has 0 spiro atoms. The van der Waals surface area contributed by atoms with E-state index < -0.39 is 21.2 Å². The van der Waals surface area contributed by atoms with Crippen LogP contribution in [0.25, 0.3) is 0 Å². The molecule has 1 fully saturated rings. The van der Waals surface area contributed by atoms with Crippen molar-refractivity contribution in [2.24, 2.45) is 0 Å². The normalized spacial score (nSPS) is 19.4. The molecule has 3 rings (SSSR count). The van der Waals surface area contributed by atoms with Crippen LogP contribution in [0.4, 0.5) is 17.6 Å². The lowest BCUT2D eigenvalue weighted by Crippen LogP contribution is -2.60. The maximum atomic E-state index is 12.5. The van der Waals surface area contributed by atoms with Crippen molar-refractivity contribution in [3.63, 3.8) is 0 Å². The minimum atomic E-state index is -4.27. The number of piperidine rings is 1. The van der Waals surface area contributed by atoms with E-state index in [1.165, 1.54) is 24.3 Å². The molecule has 0 bridgehead atoms. The molecular weight excluding hydrogens is 432 g/mol. The third kappa shape index (κ3) is 5.16. The van der Waals surface area contributed by atoms with Crippen LogP contribution in [-0.4, -0.2) is 50.1 Å². The Labute approximate surface area is 180 Å². The predicted octanol–water partition coefficient (Wildman–Crippen LogP) is 3.29. The molecule has 0 unspecified atom stereocenters. The van der Waals surface area contributed by atoms with Gasteiger partial charge in [-0.05, 0) is 76.4 Å². The zero-order valence-corrected chi connectivity index (χ0v) is 18.6. The van der Waals surface area contributed by atoms with E-state index in [4.69, 9.17) is 16.2 Å². The van der Waals surface area contributed by atoms with Crippen molar-refractivity contribution < 1.29 is 18.2 Å². The highest BCUT2D eigenvalue weighted by atomic mass is 35.5. The average molecular weight is 456 g/mol. The number of hydrogen-bond donors (Lipinski definition) is 3. The summed E-state index contributed by atoms with van der Waals surface area (Å²) in [5.74, 6) is 0.430. The number of anilines is 3. The van der Waals surface area contributed by atoms with Crippen LogP contribution in [0, 0.1) is 0 Å². The Kier molecular flexibility index (Phi) is 5.95. The first kappa shape index (κ1) is 22.6. The Balaban J connectivity index is 1.77. The number of aromatic nitrogens is 3. The van der Waals surface area contributed by atoms with Crippen LogP contribution < -0.4 is 10.6 Å². The summed E-state index contributed by atoms with van der Waals surface area (Å²) in [5, 5.41) is 19.8. The van der Waals surface area contributed by atoms with Crippen LogP contribution in [0.3, 0.4) is 0 Å². The Morgan fingerprint density at radius 1 is 1.03 bits per heavy atom. The summed E-state index contributed by atoms with van der Waals surface area (Å²) in [6.45, 7) is 7.61. The molecule has 1 aromatic heterocycles. The molecule has 1 aromatic carbocycles. The van der Waals surface area contributed by atoms with Crippen molar-refractivity contribution in [2.45, 2.75) is 62.6 Å². The lowest BCUT2D eigenvalue weighted by molar-refractivity contribution is -0.288. The maximum absolute atomic E-state index is 12.5. The minimum absolute atomic E-state index is 0.0238. The van der Waals surface area contributed by atoms with Crippen molar-refractivity contribution in [1.82, 2.24) is 20.0 Å². The van der Waals surface area contributed by atoms with Gasteiger partial charge in [0.25, 0.3) is 10.1 Å². The lowest BCUT2D eigenvalue weighted by atomic mass is 9.79. The standard InChI is InChI=1S/C18H24ClN6O4S/c1-17(2)9-12(10-18(3,4)25(17)26)21-16-23-14(19)22-15(24-16)20-11-5-7-13(8-6-11)30(27,28)29/h5-8,12H,9-10H2,1-4H3,(H,27,28,29)(H2,20,21,22,23,24). The van der Waals surface area contributed by atoms with E-state index in [2.05, 4.69) is 25.6 Å². The van der Waals surface area contributed by atoms with E-state index in [1.807, 2.05) is 27.7 Å². The number of nitrogens with zero attached hydrogens (tertiary/aromatic N) is 4. The number of halogens is 1. The third-order valence-electron chi connectivity index (χ3n) is 4.94. The first-order valence-corrected chi connectivity index (χ1v) is 11.1. The molecule has 1 radical (unpaired) electrons. The molecule has 1 aliphatic heterocycles. The molecule has 1 aliphatic rings. The fraction of sp³-hybridized carbons (Fsp3) is 0.500. The van der Waals surface area contributed by atoms with Crippen LogP contribution in [0.1, 0.15) is 40.5 Å². The Bertz CT molecular complexity index is 1010. The zero-order valence-electron chi connectivity index (χ0n) is 17.0. The van der Waals surface area contributed by atoms with Crippen molar-refractivity contribution in [1.29, 1.82) is 0 Å². The minimum Gasteiger partial charge on any atom is -0.351 e. The zero-order chi connectivity index (χ0) is 22.3. The van der Waals surface area contributed by atoms with Crippen LogP contribution >= 0.6 is 11.6 Å². The molecule has 1 saturated heterocycles. The van der Waals surface area contributed by atoms with E-state index in [0.717, 1.165) is 5.06 Å². The largest absolute Gasteiger partial charge is 0.351 e. The number of hydroxylamine groups is 2. The van der Waals surface area contributed by atoms with Gasteiger partial charge in [0.05, 0.1) is 4.90 Å². The highest BCUT2D eigenvalue weighted by Gasteiger charge is 2.46. The Morgan fingerprint density at radius 3 is 2.10 bits per heavy atom. The second-order valence-corrected chi connectivity index (χ2v) is 10.3. The number of rotatable bonds is 5. The molecule has 0 amide bonds. The molecule has 10 nitrogen and oxygen atoms in total. The van der Waals surface area contributed by atoms with Gasteiger partial charge < -0.3 is 10.6 Å². The van der Waals surface area contributed by atoms with Crippen LogP contribution in [0.2, 0.25) is 5.28 Å². The fourth-order valence-corrected chi connectivity index (χ4v) is 4.50. The molecule has 3 N–H and O–H groups in total. The second-order valence-electron chi connectivity index (χ2n) is 8.54. The number of nitrogens with one attached hydrogen (secondary N) is 2. The summed E-state index contributed by atoms with van der Waals surface area (Å²) < 4.78 is 31.4. The highest BCUT2D eigenvalue weighted by molar-refractivity contribution is 7.85. The first-order valence-electron chi connectivity index (χ1n) is 9.26. The third-order valence-corrected chi connectivity index (χ3v) is 5.98. The first-order chi connectivity index (χ1) is 13.8. The predicted molar refractivity (Wildman–Crippen MR) is 112 cm³/mol. The van der Waals surface area contributed by atoms with Gasteiger partial charge in [-0.2, -0.15) is 23.4 Å². The molecule has 2 aromatic rings. The molecular formula is C18H24ClN6O4S. The van der Waals surface area contributed by atoms with Crippen LogP contribution in [-0.2, 0) is 15.3 Å². The summed E-state index contributed by atoms with van der Waals surface area (Å²) in [4.78, 5) is 12.2. The molecule has 2 heterocycles. The highest BCUT2D eigenvalue weighted by Crippen LogP contribution is 2.38. The molecule has 0 atom stereocenters. The topological polar surface area (TPSA) is 140 Å². The van der Waals surface area contributed by atoms with Crippen molar-refractivity contribution >= 4 is 39.3 Å². The van der Waals surface area contributed by atoms with Crippen molar-refractivity contribution in [2.75, 3.05) is 10.6 Å².